The normalized spacial score (nSPS) is 14.6. The molecular weight excluding hydrogens is 389 g/mol. The van der Waals surface area contributed by atoms with Crippen LogP contribution in [-0.4, -0.2) is 16.1 Å². The Kier molecular flexibility index (Phi) is 3.48. The zero-order chi connectivity index (χ0) is 18.4. The second-order valence-corrected chi connectivity index (χ2v) is 8.54. The third-order valence-electron chi connectivity index (χ3n) is 2.85. The van der Waals surface area contributed by atoms with Crippen molar-refractivity contribution in [1.82, 2.24) is 10.2 Å². The highest BCUT2D eigenvalue weighted by molar-refractivity contribution is 8.46. The van der Waals surface area contributed by atoms with Gasteiger partial charge in [0.25, 0.3) is 5.91 Å². The molecule has 0 aliphatic rings. The molecule has 0 fully saturated rings. The highest BCUT2D eigenvalue weighted by atomic mass is 32.5. The molecule has 0 spiro atoms. The van der Waals surface area contributed by atoms with Crippen LogP contribution in [-0.2, 0) is 0 Å². The Labute approximate surface area is 141 Å². The van der Waals surface area contributed by atoms with Crippen LogP contribution in [0.1, 0.15) is 9.67 Å². The number of thiophene rings is 1. The average Bonchev–Trinajstić information content (AvgIpc) is 3.15. The largest absolute Gasteiger partial charge is 0.403 e. The average molecular weight is 397 g/mol. The number of hydrogen-bond acceptors (Lipinski definition) is 5. The summed E-state index contributed by atoms with van der Waals surface area (Å²) in [6.45, 7) is 0. The molecule has 1 aromatic carbocycles. The van der Waals surface area contributed by atoms with Gasteiger partial charge >= 0.3 is 16.2 Å². The number of hydrogen-bond donors (Lipinski definition) is 1. The molecule has 0 radical (unpaired) electrons. The fourth-order valence-electron chi connectivity index (χ4n) is 1.78. The van der Waals surface area contributed by atoms with Crippen LogP contribution >= 0.6 is 21.6 Å². The van der Waals surface area contributed by atoms with E-state index in [0.29, 0.717) is 11.6 Å². The minimum atomic E-state index is -9.81. The monoisotopic (exact) mass is 397 g/mol. The van der Waals surface area contributed by atoms with Crippen LogP contribution in [0.5, 0.6) is 0 Å². The third-order valence-corrected chi connectivity index (χ3v) is 5.82. The van der Waals surface area contributed by atoms with Crippen LogP contribution in [0.3, 0.4) is 0 Å². The molecule has 3 aromatic rings. The summed E-state index contributed by atoms with van der Waals surface area (Å²) in [4.78, 5) is 11.3. The van der Waals surface area contributed by atoms with Crippen LogP contribution in [0.2, 0.25) is 0 Å². The van der Waals surface area contributed by atoms with Crippen LogP contribution in [0, 0.1) is 0 Å². The summed E-state index contributed by atoms with van der Waals surface area (Å²) in [5.74, 6) is -0.990. The maximum atomic E-state index is 12.7. The molecule has 12 heteroatoms. The van der Waals surface area contributed by atoms with Gasteiger partial charge in [0, 0.05) is 5.56 Å². The van der Waals surface area contributed by atoms with Gasteiger partial charge in [-0.05, 0) is 24.3 Å². The Hall–Kier alpha value is -2.47. The van der Waals surface area contributed by atoms with Gasteiger partial charge in [0.15, 0.2) is 4.21 Å². The van der Waals surface area contributed by atoms with Crippen LogP contribution in [0.4, 0.5) is 25.4 Å². The van der Waals surface area contributed by atoms with E-state index in [1.165, 1.54) is 0 Å². The van der Waals surface area contributed by atoms with Gasteiger partial charge in [-0.3, -0.25) is 10.1 Å². The standard InChI is InChI=1S/C13H8F5N3O2S2/c14-25(15,16,17,18)10-7-6-9(24-10)11(22)19-13-21-20-12(23-13)8-4-2-1-3-5-8/h1-7H,(H,19,21,22). The fourth-order valence-corrected chi connectivity index (χ4v) is 3.64. The van der Waals surface area contributed by atoms with Crippen molar-refractivity contribution in [1.29, 1.82) is 0 Å². The van der Waals surface area contributed by atoms with Crippen molar-refractivity contribution < 1.29 is 28.6 Å². The van der Waals surface area contributed by atoms with Crippen molar-refractivity contribution in [2.45, 2.75) is 4.21 Å². The number of amides is 1. The lowest BCUT2D eigenvalue weighted by Crippen LogP contribution is -2.10. The smallest absolute Gasteiger partial charge is 0.322 e. The number of halogens is 5. The molecule has 0 aliphatic heterocycles. The quantitative estimate of drug-likeness (QED) is 0.573. The van der Waals surface area contributed by atoms with Crippen molar-refractivity contribution in [2.75, 3.05) is 5.32 Å². The summed E-state index contributed by atoms with van der Waals surface area (Å²) < 4.78 is 66.5. The molecule has 134 valence electrons. The van der Waals surface area contributed by atoms with Crippen molar-refractivity contribution in [3.8, 4) is 11.5 Å². The van der Waals surface area contributed by atoms with Gasteiger partial charge in [0.1, 0.15) is 0 Å². The molecule has 1 amide bonds. The van der Waals surface area contributed by atoms with Gasteiger partial charge in [-0.25, -0.2) is 0 Å². The molecule has 0 saturated heterocycles. The molecule has 25 heavy (non-hydrogen) atoms. The van der Waals surface area contributed by atoms with Crippen LogP contribution in [0.25, 0.3) is 11.5 Å². The number of rotatable bonds is 4. The zero-order valence-electron chi connectivity index (χ0n) is 12.0. The van der Waals surface area contributed by atoms with E-state index in [4.69, 9.17) is 4.42 Å². The van der Waals surface area contributed by atoms with Gasteiger partial charge in [0.05, 0.1) is 4.88 Å². The number of nitrogens with zero attached hydrogens (tertiary/aromatic N) is 2. The molecule has 3 rings (SSSR count). The summed E-state index contributed by atoms with van der Waals surface area (Å²) in [5.41, 5.74) is 0.565. The molecule has 0 bridgehead atoms. The zero-order valence-corrected chi connectivity index (χ0v) is 13.6. The lowest BCUT2D eigenvalue weighted by Gasteiger charge is -2.38. The third kappa shape index (κ3) is 3.96. The predicted octanol–water partition coefficient (Wildman–Crippen LogP) is 5.71. The van der Waals surface area contributed by atoms with E-state index in [1.54, 1.807) is 30.3 Å². The number of carbonyl (C=O) groups is 1. The Morgan fingerprint density at radius 2 is 1.68 bits per heavy atom. The van der Waals surface area contributed by atoms with Crippen LogP contribution < -0.4 is 5.32 Å². The minimum absolute atomic E-state index is 0.0785. The maximum Gasteiger partial charge on any atom is 0.322 e. The van der Waals surface area contributed by atoms with E-state index in [2.05, 4.69) is 15.5 Å². The molecule has 0 atom stereocenters. The first-order valence-electron chi connectivity index (χ1n) is 6.46. The topological polar surface area (TPSA) is 68.0 Å². The van der Waals surface area contributed by atoms with Crippen LogP contribution in [0.15, 0.2) is 51.1 Å². The van der Waals surface area contributed by atoms with E-state index in [-0.39, 0.29) is 29.3 Å². The minimum Gasteiger partial charge on any atom is -0.403 e. The Morgan fingerprint density at radius 1 is 1.00 bits per heavy atom. The summed E-state index contributed by atoms with van der Waals surface area (Å²) in [5, 5.41) is 9.28. The summed E-state index contributed by atoms with van der Waals surface area (Å²) >= 11 is -0.356. The van der Waals surface area contributed by atoms with Gasteiger partial charge < -0.3 is 4.42 Å². The predicted molar refractivity (Wildman–Crippen MR) is 83.4 cm³/mol. The number of anilines is 1. The van der Waals surface area contributed by atoms with Gasteiger partial charge in [-0.15, -0.1) is 16.4 Å². The van der Waals surface area contributed by atoms with E-state index in [0.717, 1.165) is 0 Å². The van der Waals surface area contributed by atoms with Crippen molar-refractivity contribution in [3.63, 3.8) is 0 Å². The molecule has 2 aromatic heterocycles. The van der Waals surface area contributed by atoms with E-state index >= 15 is 0 Å². The molecule has 5 nitrogen and oxygen atoms in total. The lowest BCUT2D eigenvalue weighted by molar-refractivity contribution is 0.102. The molecule has 0 unspecified atom stereocenters. The Bertz CT molecular complexity index is 938. The summed E-state index contributed by atoms with van der Waals surface area (Å²) in [6.07, 6.45) is 0. The maximum absolute atomic E-state index is 12.7. The second kappa shape index (κ2) is 5.02. The summed E-state index contributed by atoms with van der Waals surface area (Å²) in [6, 6.07) is 8.97. The molecule has 2 heterocycles. The van der Waals surface area contributed by atoms with E-state index < -0.39 is 25.2 Å². The lowest BCUT2D eigenvalue weighted by atomic mass is 10.2. The summed E-state index contributed by atoms with van der Waals surface area (Å²) in [7, 11) is -9.81. The number of aromatic nitrogens is 2. The Morgan fingerprint density at radius 3 is 2.28 bits per heavy atom. The first-order chi connectivity index (χ1) is 11.4. The number of benzene rings is 1. The highest BCUT2D eigenvalue weighted by Gasteiger charge is 2.66. The fraction of sp³-hybridized carbons (Fsp3) is 0. The van der Waals surface area contributed by atoms with E-state index in [1.807, 2.05) is 0 Å². The molecule has 0 aliphatic carbocycles. The SMILES string of the molecule is O=C(Nc1nnc(-c2ccccc2)o1)c1ccc(S(F)(F)(F)(F)F)s1. The van der Waals surface area contributed by atoms with Crippen molar-refractivity contribution >= 4 is 33.5 Å². The van der Waals surface area contributed by atoms with Gasteiger partial charge in [-0.1, -0.05) is 42.7 Å². The van der Waals surface area contributed by atoms with Crippen molar-refractivity contribution in [2.24, 2.45) is 0 Å². The van der Waals surface area contributed by atoms with E-state index in [9.17, 15) is 24.2 Å². The first-order valence-corrected chi connectivity index (χ1v) is 9.23. The first kappa shape index (κ1) is 17.4. The number of carbonyl (C=O) groups excluding carboxylic acids is 1. The molecular formula is C13H8F5N3O2S2. The van der Waals surface area contributed by atoms with Gasteiger partial charge in [0.2, 0.25) is 5.89 Å². The second-order valence-electron chi connectivity index (χ2n) is 4.82. The Balaban J connectivity index is 1.78. The molecule has 1 N–H and O–H groups in total. The number of nitrogens with one attached hydrogen (secondary N) is 1. The molecule has 0 saturated carbocycles. The van der Waals surface area contributed by atoms with Crippen molar-refractivity contribution in [3.05, 3.63) is 47.3 Å². The van der Waals surface area contributed by atoms with Gasteiger partial charge in [-0.2, -0.15) is 0 Å². The highest BCUT2D eigenvalue weighted by Crippen LogP contribution is 3.02.